The molecular formula is C19H23BrO. The van der Waals surface area contributed by atoms with Crippen LogP contribution in [0.25, 0.3) is 11.1 Å². The van der Waals surface area contributed by atoms with E-state index in [0.717, 1.165) is 29.2 Å². The highest BCUT2D eigenvalue weighted by molar-refractivity contribution is 9.10. The average molecular weight is 347 g/mol. The molecule has 0 heterocycles. The maximum atomic E-state index is 5.80. The van der Waals surface area contributed by atoms with Crippen molar-refractivity contribution < 1.29 is 4.74 Å². The number of hydrogen-bond donors (Lipinski definition) is 0. The lowest BCUT2D eigenvalue weighted by atomic mass is 10.0. The van der Waals surface area contributed by atoms with E-state index in [0.29, 0.717) is 0 Å². The van der Waals surface area contributed by atoms with Crippen LogP contribution in [0.5, 0.6) is 5.75 Å². The second-order valence-electron chi connectivity index (χ2n) is 5.54. The highest BCUT2D eigenvalue weighted by atomic mass is 79.9. The van der Waals surface area contributed by atoms with Gasteiger partial charge in [-0.05, 0) is 54.2 Å². The summed E-state index contributed by atoms with van der Waals surface area (Å²) >= 11 is 3.46. The number of halogens is 1. The fourth-order valence-electron chi connectivity index (χ4n) is 2.21. The smallest absolute Gasteiger partial charge is 0.119 e. The normalized spacial score (nSPS) is 12.1. The van der Waals surface area contributed by atoms with Crippen molar-refractivity contribution >= 4 is 15.9 Å². The van der Waals surface area contributed by atoms with E-state index in [1.54, 1.807) is 0 Å². The Morgan fingerprint density at radius 3 is 2.10 bits per heavy atom. The summed E-state index contributed by atoms with van der Waals surface area (Å²) in [6.07, 6.45) is 3.62. The van der Waals surface area contributed by atoms with Crippen molar-refractivity contribution in [3.8, 4) is 16.9 Å². The molecule has 0 fully saturated rings. The van der Waals surface area contributed by atoms with Gasteiger partial charge in [0.05, 0.1) is 6.61 Å². The number of rotatable bonds is 7. The summed E-state index contributed by atoms with van der Waals surface area (Å²) < 4.78 is 6.91. The van der Waals surface area contributed by atoms with Crippen molar-refractivity contribution in [3.63, 3.8) is 0 Å². The van der Waals surface area contributed by atoms with E-state index in [4.69, 9.17) is 4.74 Å². The molecule has 0 saturated carbocycles. The minimum Gasteiger partial charge on any atom is -0.494 e. The Balaban J connectivity index is 1.86. The molecule has 0 unspecified atom stereocenters. The molecule has 0 radical (unpaired) electrons. The molecule has 0 spiro atoms. The van der Waals surface area contributed by atoms with Crippen LogP contribution in [0.4, 0.5) is 0 Å². The third-order valence-corrected chi connectivity index (χ3v) is 4.37. The maximum Gasteiger partial charge on any atom is 0.119 e. The third kappa shape index (κ3) is 5.20. The van der Waals surface area contributed by atoms with Gasteiger partial charge in [0.1, 0.15) is 5.75 Å². The number of hydrogen-bond acceptors (Lipinski definition) is 1. The molecule has 0 saturated heterocycles. The molecule has 21 heavy (non-hydrogen) atoms. The van der Waals surface area contributed by atoms with Gasteiger partial charge >= 0.3 is 0 Å². The lowest BCUT2D eigenvalue weighted by Crippen LogP contribution is -2.00. The van der Waals surface area contributed by atoms with Crippen LogP contribution in [0, 0.1) is 5.92 Å². The van der Waals surface area contributed by atoms with Gasteiger partial charge < -0.3 is 4.74 Å². The van der Waals surface area contributed by atoms with Crippen molar-refractivity contribution in [2.75, 3.05) is 6.61 Å². The summed E-state index contributed by atoms with van der Waals surface area (Å²) in [6.45, 7) is 5.35. The van der Waals surface area contributed by atoms with E-state index in [2.05, 4.69) is 78.3 Å². The quantitative estimate of drug-likeness (QED) is 0.533. The largest absolute Gasteiger partial charge is 0.494 e. The molecule has 1 atom stereocenters. The lowest BCUT2D eigenvalue weighted by molar-refractivity contribution is 0.294. The summed E-state index contributed by atoms with van der Waals surface area (Å²) in [5, 5.41) is 0. The van der Waals surface area contributed by atoms with Crippen LogP contribution in [0.15, 0.2) is 53.0 Å². The van der Waals surface area contributed by atoms with Gasteiger partial charge in [-0.25, -0.2) is 0 Å². The van der Waals surface area contributed by atoms with Crippen molar-refractivity contribution in [1.29, 1.82) is 0 Å². The molecule has 2 aromatic rings. The van der Waals surface area contributed by atoms with Crippen LogP contribution < -0.4 is 4.74 Å². The molecule has 2 rings (SSSR count). The standard InChI is InChI=1S/C19H23BrO/c1-3-15(2)5-4-14-21-19-12-8-17(9-13-19)16-6-10-18(20)11-7-16/h6-13,15H,3-5,14H2,1-2H3/t15-/m0/s1. The molecule has 0 aromatic heterocycles. The molecule has 0 aliphatic heterocycles. The van der Waals surface area contributed by atoms with Crippen molar-refractivity contribution in [2.24, 2.45) is 5.92 Å². The fraction of sp³-hybridized carbons (Fsp3) is 0.368. The van der Waals surface area contributed by atoms with E-state index < -0.39 is 0 Å². The van der Waals surface area contributed by atoms with Gasteiger partial charge in [0.15, 0.2) is 0 Å². The van der Waals surface area contributed by atoms with Crippen LogP contribution in [0.2, 0.25) is 0 Å². The number of ether oxygens (including phenoxy) is 1. The molecule has 0 aliphatic rings. The van der Waals surface area contributed by atoms with Gasteiger partial charge in [-0.3, -0.25) is 0 Å². The van der Waals surface area contributed by atoms with E-state index in [1.807, 2.05) is 0 Å². The minimum absolute atomic E-state index is 0.799. The zero-order chi connectivity index (χ0) is 15.1. The molecule has 0 N–H and O–H groups in total. The van der Waals surface area contributed by atoms with Crippen LogP contribution in [-0.2, 0) is 0 Å². The second-order valence-corrected chi connectivity index (χ2v) is 6.45. The van der Waals surface area contributed by atoms with Gasteiger partial charge in [0.2, 0.25) is 0 Å². The number of benzene rings is 2. The first-order valence-electron chi connectivity index (χ1n) is 7.68. The fourth-order valence-corrected chi connectivity index (χ4v) is 2.48. The summed E-state index contributed by atoms with van der Waals surface area (Å²) in [5.74, 6) is 1.76. The predicted octanol–water partition coefficient (Wildman–Crippen LogP) is 6.32. The Labute approximate surface area is 136 Å². The molecule has 112 valence electrons. The Morgan fingerprint density at radius 2 is 1.52 bits per heavy atom. The Morgan fingerprint density at radius 1 is 0.952 bits per heavy atom. The Bertz CT molecular complexity index is 530. The van der Waals surface area contributed by atoms with E-state index in [-0.39, 0.29) is 0 Å². The first kappa shape index (κ1) is 16.1. The Hall–Kier alpha value is -1.28. The SMILES string of the molecule is CC[C@H](C)CCCOc1ccc(-c2ccc(Br)cc2)cc1. The summed E-state index contributed by atoms with van der Waals surface area (Å²) in [4.78, 5) is 0. The topological polar surface area (TPSA) is 9.23 Å². The van der Waals surface area contributed by atoms with Crippen molar-refractivity contribution in [2.45, 2.75) is 33.1 Å². The highest BCUT2D eigenvalue weighted by Gasteiger charge is 2.01. The first-order valence-corrected chi connectivity index (χ1v) is 8.47. The molecule has 0 bridgehead atoms. The van der Waals surface area contributed by atoms with Gasteiger partial charge in [0, 0.05) is 4.47 Å². The van der Waals surface area contributed by atoms with Gasteiger partial charge in [-0.1, -0.05) is 60.5 Å². The van der Waals surface area contributed by atoms with Crippen molar-refractivity contribution in [3.05, 3.63) is 53.0 Å². The molecule has 0 aliphatic carbocycles. The summed E-state index contributed by atoms with van der Waals surface area (Å²) in [7, 11) is 0. The zero-order valence-electron chi connectivity index (χ0n) is 12.8. The molecular weight excluding hydrogens is 324 g/mol. The third-order valence-electron chi connectivity index (χ3n) is 3.84. The Kier molecular flexibility index (Phi) is 6.31. The molecule has 1 nitrogen and oxygen atoms in total. The van der Waals surface area contributed by atoms with Gasteiger partial charge in [-0.15, -0.1) is 0 Å². The minimum atomic E-state index is 0.799. The maximum absolute atomic E-state index is 5.80. The predicted molar refractivity (Wildman–Crippen MR) is 93.8 cm³/mol. The van der Waals surface area contributed by atoms with E-state index in [1.165, 1.54) is 24.0 Å². The first-order chi connectivity index (χ1) is 10.2. The molecule has 2 heteroatoms. The molecule has 2 aromatic carbocycles. The second kappa shape index (κ2) is 8.23. The monoisotopic (exact) mass is 346 g/mol. The van der Waals surface area contributed by atoms with Crippen LogP contribution in [0.3, 0.4) is 0 Å². The lowest BCUT2D eigenvalue weighted by Gasteiger charge is -2.10. The van der Waals surface area contributed by atoms with Crippen molar-refractivity contribution in [1.82, 2.24) is 0 Å². The van der Waals surface area contributed by atoms with E-state index in [9.17, 15) is 0 Å². The highest BCUT2D eigenvalue weighted by Crippen LogP contribution is 2.24. The van der Waals surface area contributed by atoms with Crippen LogP contribution in [0.1, 0.15) is 33.1 Å². The van der Waals surface area contributed by atoms with Crippen LogP contribution in [-0.4, -0.2) is 6.61 Å². The average Bonchev–Trinajstić information content (AvgIpc) is 2.52. The van der Waals surface area contributed by atoms with E-state index >= 15 is 0 Å². The van der Waals surface area contributed by atoms with Gasteiger partial charge in [0.25, 0.3) is 0 Å². The van der Waals surface area contributed by atoms with Gasteiger partial charge in [-0.2, -0.15) is 0 Å². The molecule has 0 amide bonds. The zero-order valence-corrected chi connectivity index (χ0v) is 14.4. The summed E-state index contributed by atoms with van der Waals surface area (Å²) in [6, 6.07) is 16.7. The van der Waals surface area contributed by atoms with Crippen LogP contribution >= 0.6 is 15.9 Å². The summed E-state index contributed by atoms with van der Waals surface area (Å²) in [5.41, 5.74) is 2.44.